The number of likely N-dealkylation sites (tertiary alicyclic amines) is 1. The summed E-state index contributed by atoms with van der Waals surface area (Å²) in [5.41, 5.74) is 0. The third-order valence-electron chi connectivity index (χ3n) is 3.86. The lowest BCUT2D eigenvalue weighted by molar-refractivity contribution is -0.134. The monoisotopic (exact) mass is 269 g/mol. The Kier molecular flexibility index (Phi) is 4.76. The Balaban J connectivity index is 1.85. The van der Waals surface area contributed by atoms with E-state index in [9.17, 15) is 9.59 Å². The molecule has 0 saturated carbocycles. The molecule has 0 aromatic carbocycles. The summed E-state index contributed by atoms with van der Waals surface area (Å²) in [6.07, 6.45) is 1.24. The molecule has 0 aliphatic carbocycles. The van der Waals surface area contributed by atoms with Gasteiger partial charge in [0.1, 0.15) is 0 Å². The van der Waals surface area contributed by atoms with Crippen molar-refractivity contribution in [3.63, 3.8) is 0 Å². The molecule has 108 valence electrons. The minimum Gasteiger partial charge on any atom is -0.379 e. The molecule has 0 bridgehead atoms. The molecule has 2 aliphatic rings. The topological polar surface area (TPSA) is 70.7 Å². The van der Waals surface area contributed by atoms with E-state index in [1.165, 1.54) is 0 Å². The molecule has 0 aromatic rings. The highest BCUT2D eigenvalue weighted by Crippen LogP contribution is 2.16. The Morgan fingerprint density at radius 1 is 1.47 bits per heavy atom. The predicted molar refractivity (Wildman–Crippen MR) is 70.6 cm³/mol. The number of nitrogens with zero attached hydrogens (tertiary/aromatic N) is 1. The van der Waals surface area contributed by atoms with Crippen molar-refractivity contribution in [2.75, 3.05) is 33.4 Å². The van der Waals surface area contributed by atoms with Crippen LogP contribution in [0.15, 0.2) is 0 Å². The van der Waals surface area contributed by atoms with Gasteiger partial charge in [0.15, 0.2) is 0 Å². The largest absolute Gasteiger partial charge is 0.379 e. The molecule has 2 heterocycles. The summed E-state index contributed by atoms with van der Waals surface area (Å²) in [6.45, 7) is 4.53. The number of piperidine rings is 1. The second-order valence-corrected chi connectivity index (χ2v) is 5.33. The van der Waals surface area contributed by atoms with Crippen LogP contribution in [0, 0.1) is 5.92 Å². The van der Waals surface area contributed by atoms with E-state index in [0.29, 0.717) is 26.2 Å². The summed E-state index contributed by atoms with van der Waals surface area (Å²) in [7, 11) is 1.78. The molecule has 0 spiro atoms. The first-order chi connectivity index (χ1) is 9.11. The second-order valence-electron chi connectivity index (χ2n) is 5.33. The Morgan fingerprint density at radius 2 is 2.26 bits per heavy atom. The van der Waals surface area contributed by atoms with Gasteiger partial charge in [-0.3, -0.25) is 9.59 Å². The van der Waals surface area contributed by atoms with Crippen LogP contribution in [0.3, 0.4) is 0 Å². The molecule has 2 fully saturated rings. The van der Waals surface area contributed by atoms with Gasteiger partial charge in [0.2, 0.25) is 11.8 Å². The van der Waals surface area contributed by atoms with Crippen LogP contribution < -0.4 is 10.6 Å². The molecule has 2 saturated heterocycles. The Morgan fingerprint density at radius 3 is 2.95 bits per heavy atom. The number of ether oxygens (including phenoxy) is 1. The van der Waals surface area contributed by atoms with Gasteiger partial charge in [0.25, 0.3) is 0 Å². The van der Waals surface area contributed by atoms with Gasteiger partial charge in [0, 0.05) is 32.1 Å². The summed E-state index contributed by atoms with van der Waals surface area (Å²) < 4.78 is 5.38. The maximum absolute atomic E-state index is 12.3. The molecule has 19 heavy (non-hydrogen) atoms. The van der Waals surface area contributed by atoms with Crippen molar-refractivity contribution >= 4 is 11.8 Å². The Bertz CT molecular complexity index is 348. The average Bonchev–Trinajstić information content (AvgIpc) is 2.83. The maximum atomic E-state index is 12.3. The number of nitrogens with one attached hydrogen (secondary N) is 2. The van der Waals surface area contributed by atoms with E-state index in [4.69, 9.17) is 4.74 Å². The summed E-state index contributed by atoms with van der Waals surface area (Å²) in [5.74, 6) is 0.0688. The first-order valence-electron chi connectivity index (χ1n) is 6.97. The van der Waals surface area contributed by atoms with Crippen LogP contribution in [-0.2, 0) is 14.3 Å². The quantitative estimate of drug-likeness (QED) is 0.711. The molecule has 0 radical (unpaired) electrons. The molecule has 2 aliphatic heterocycles. The third kappa shape index (κ3) is 3.45. The summed E-state index contributed by atoms with van der Waals surface area (Å²) in [6, 6.07) is 0.172. The molecule has 2 rings (SSSR count). The zero-order valence-corrected chi connectivity index (χ0v) is 11.6. The van der Waals surface area contributed by atoms with Crippen LogP contribution in [-0.4, -0.2) is 62.1 Å². The molecule has 3 atom stereocenters. The molecule has 2 amide bonds. The van der Waals surface area contributed by atoms with Crippen LogP contribution in [0.4, 0.5) is 0 Å². The van der Waals surface area contributed by atoms with E-state index >= 15 is 0 Å². The molecule has 6 nitrogen and oxygen atoms in total. The van der Waals surface area contributed by atoms with Gasteiger partial charge < -0.3 is 20.3 Å². The Labute approximate surface area is 113 Å². The van der Waals surface area contributed by atoms with E-state index in [2.05, 4.69) is 10.6 Å². The van der Waals surface area contributed by atoms with Crippen LogP contribution in [0.1, 0.15) is 19.8 Å². The highest BCUT2D eigenvalue weighted by Gasteiger charge is 2.35. The highest BCUT2D eigenvalue weighted by atomic mass is 16.5. The van der Waals surface area contributed by atoms with E-state index in [1.807, 2.05) is 6.92 Å². The number of carbonyl (C=O) groups is 2. The molecule has 2 N–H and O–H groups in total. The van der Waals surface area contributed by atoms with Crippen molar-refractivity contribution in [2.24, 2.45) is 5.92 Å². The fourth-order valence-electron chi connectivity index (χ4n) is 2.71. The summed E-state index contributed by atoms with van der Waals surface area (Å²) in [4.78, 5) is 25.3. The maximum Gasteiger partial charge on any atom is 0.227 e. The van der Waals surface area contributed by atoms with Gasteiger partial charge in [-0.1, -0.05) is 6.92 Å². The zero-order chi connectivity index (χ0) is 13.8. The minimum atomic E-state index is -0.122. The smallest absolute Gasteiger partial charge is 0.227 e. The van der Waals surface area contributed by atoms with Gasteiger partial charge in [-0.05, 0) is 13.0 Å². The number of carbonyl (C=O) groups excluding carboxylic acids is 2. The number of hydrogen-bond acceptors (Lipinski definition) is 4. The first-order valence-corrected chi connectivity index (χ1v) is 6.97. The van der Waals surface area contributed by atoms with Gasteiger partial charge in [0.05, 0.1) is 19.1 Å². The molecular weight excluding hydrogens is 246 g/mol. The van der Waals surface area contributed by atoms with E-state index in [1.54, 1.807) is 11.9 Å². The number of hydrogen-bond donors (Lipinski definition) is 2. The zero-order valence-electron chi connectivity index (χ0n) is 11.6. The van der Waals surface area contributed by atoms with E-state index in [-0.39, 0.29) is 29.8 Å². The predicted octanol–water partition coefficient (Wildman–Crippen LogP) is -0.652. The van der Waals surface area contributed by atoms with Crippen molar-refractivity contribution in [3.8, 4) is 0 Å². The molecular formula is C13H23N3O3. The van der Waals surface area contributed by atoms with Gasteiger partial charge in [-0.25, -0.2) is 0 Å². The molecule has 3 unspecified atom stereocenters. The van der Waals surface area contributed by atoms with Crippen LogP contribution >= 0.6 is 0 Å². The number of amides is 2. The first kappa shape index (κ1) is 14.3. The van der Waals surface area contributed by atoms with E-state index in [0.717, 1.165) is 13.0 Å². The SMILES string of the molecule is CCNC1COCC1C(=O)NC1CCC(=O)N(C)C1. The second kappa shape index (κ2) is 6.34. The Hall–Kier alpha value is -1.14. The fourth-order valence-corrected chi connectivity index (χ4v) is 2.71. The van der Waals surface area contributed by atoms with Crippen molar-refractivity contribution < 1.29 is 14.3 Å². The number of rotatable bonds is 4. The summed E-state index contributed by atoms with van der Waals surface area (Å²) >= 11 is 0. The van der Waals surface area contributed by atoms with Gasteiger partial charge in [-0.15, -0.1) is 0 Å². The molecule has 0 aromatic heterocycles. The van der Waals surface area contributed by atoms with Crippen molar-refractivity contribution in [1.82, 2.24) is 15.5 Å². The number of likely N-dealkylation sites (N-methyl/N-ethyl adjacent to an activating group) is 2. The molecule has 6 heteroatoms. The van der Waals surface area contributed by atoms with Crippen molar-refractivity contribution in [2.45, 2.75) is 31.8 Å². The summed E-state index contributed by atoms with van der Waals surface area (Å²) in [5, 5.41) is 6.33. The fraction of sp³-hybridized carbons (Fsp3) is 0.846. The standard InChI is InChI=1S/C13H23N3O3/c1-3-14-11-8-19-7-10(11)13(18)15-9-4-5-12(17)16(2)6-9/h9-11,14H,3-8H2,1-2H3,(H,15,18). The lowest BCUT2D eigenvalue weighted by atomic mass is 10.00. The van der Waals surface area contributed by atoms with Crippen LogP contribution in [0.25, 0.3) is 0 Å². The van der Waals surface area contributed by atoms with E-state index < -0.39 is 0 Å². The highest BCUT2D eigenvalue weighted by molar-refractivity contribution is 5.81. The van der Waals surface area contributed by atoms with Crippen molar-refractivity contribution in [1.29, 1.82) is 0 Å². The van der Waals surface area contributed by atoms with Gasteiger partial charge >= 0.3 is 0 Å². The minimum absolute atomic E-state index is 0.0381. The normalized spacial score (nSPS) is 31.6. The van der Waals surface area contributed by atoms with Crippen LogP contribution in [0.2, 0.25) is 0 Å². The lowest BCUT2D eigenvalue weighted by Crippen LogP contribution is -2.52. The lowest BCUT2D eigenvalue weighted by Gasteiger charge is -2.31. The van der Waals surface area contributed by atoms with Gasteiger partial charge in [-0.2, -0.15) is 0 Å². The average molecular weight is 269 g/mol. The van der Waals surface area contributed by atoms with Crippen molar-refractivity contribution in [3.05, 3.63) is 0 Å². The van der Waals surface area contributed by atoms with Crippen LogP contribution in [0.5, 0.6) is 0 Å². The third-order valence-corrected chi connectivity index (χ3v) is 3.86.